The van der Waals surface area contributed by atoms with E-state index in [-0.39, 0.29) is 17.4 Å². The van der Waals surface area contributed by atoms with Crippen molar-refractivity contribution in [2.75, 3.05) is 12.9 Å². The molecule has 0 spiro atoms. The number of halogens is 1. The molecule has 3 aromatic rings. The first-order valence-electron chi connectivity index (χ1n) is 9.42. The number of nitrogens with one attached hydrogen (secondary N) is 1. The Balaban J connectivity index is 1.38. The molecule has 0 aliphatic carbocycles. The van der Waals surface area contributed by atoms with Crippen LogP contribution in [0, 0.1) is 0 Å². The van der Waals surface area contributed by atoms with E-state index in [4.69, 9.17) is 20.8 Å². The minimum atomic E-state index is -0.345. The Hall–Kier alpha value is -3.04. The predicted octanol–water partition coefficient (Wildman–Crippen LogP) is 3.85. The number of amides is 1. The van der Waals surface area contributed by atoms with E-state index in [1.165, 1.54) is 23.9 Å². The number of carbonyl (C=O) groups excluding carboxylic acids is 1. The molecule has 0 bridgehead atoms. The van der Waals surface area contributed by atoms with Crippen LogP contribution in [0.3, 0.4) is 0 Å². The zero-order chi connectivity index (χ0) is 22.1. The van der Waals surface area contributed by atoms with Crippen LogP contribution in [0.1, 0.15) is 23.4 Å². The van der Waals surface area contributed by atoms with Gasteiger partial charge < -0.3 is 14.3 Å². The molecule has 2 N–H and O–H groups in total. The van der Waals surface area contributed by atoms with E-state index in [0.717, 1.165) is 30.4 Å². The zero-order valence-electron chi connectivity index (χ0n) is 16.7. The normalized spacial score (nSPS) is 11.0. The Morgan fingerprint density at radius 2 is 2.06 bits per heavy atom. The minimum absolute atomic E-state index is 0.0159. The average molecular weight is 461 g/mol. The molecule has 10 heteroatoms. The number of hydrogen-bond donors (Lipinski definition) is 2. The molecule has 1 amide bonds. The summed E-state index contributed by atoms with van der Waals surface area (Å²) in [6.07, 6.45) is 3.72. The minimum Gasteiger partial charge on any atom is -0.507 e. The fourth-order valence-corrected chi connectivity index (χ4v) is 3.35. The van der Waals surface area contributed by atoms with Gasteiger partial charge in [-0.1, -0.05) is 35.5 Å². The van der Waals surface area contributed by atoms with E-state index in [1.54, 1.807) is 13.2 Å². The van der Waals surface area contributed by atoms with Gasteiger partial charge in [0, 0.05) is 17.0 Å². The number of methoxy groups -OCH3 is 1. The second kappa shape index (κ2) is 11.4. The van der Waals surface area contributed by atoms with Crippen LogP contribution in [0.25, 0.3) is 0 Å². The van der Waals surface area contributed by atoms with E-state index in [1.807, 2.05) is 24.3 Å². The number of nitrogens with zero attached hydrogens (tertiary/aromatic N) is 3. The Kier molecular flexibility index (Phi) is 8.31. The van der Waals surface area contributed by atoms with Gasteiger partial charge in [-0.3, -0.25) is 4.79 Å². The monoisotopic (exact) mass is 460 g/mol. The molecular weight excluding hydrogens is 440 g/mol. The molecule has 0 unspecified atom stereocenters. The highest BCUT2D eigenvalue weighted by atomic mass is 35.5. The van der Waals surface area contributed by atoms with Crippen LogP contribution < -0.4 is 10.2 Å². The number of rotatable bonds is 10. The van der Waals surface area contributed by atoms with Crippen LogP contribution in [0.15, 0.2) is 57.2 Å². The highest BCUT2D eigenvalue weighted by molar-refractivity contribution is 7.99. The first kappa shape index (κ1) is 22.6. The third kappa shape index (κ3) is 7.30. The number of thioether (sulfide) groups is 1. The van der Waals surface area contributed by atoms with Crippen molar-refractivity contribution in [3.8, 4) is 11.5 Å². The number of carbonyl (C=O) groups is 1. The molecule has 0 atom stereocenters. The van der Waals surface area contributed by atoms with Crippen molar-refractivity contribution in [3.63, 3.8) is 0 Å². The van der Waals surface area contributed by atoms with Crippen molar-refractivity contribution in [2.24, 2.45) is 5.10 Å². The summed E-state index contributed by atoms with van der Waals surface area (Å²) in [6, 6.07) is 12.5. The second-order valence-electron chi connectivity index (χ2n) is 6.45. The smallest absolute Gasteiger partial charge is 0.277 e. The summed E-state index contributed by atoms with van der Waals surface area (Å²) in [7, 11) is 1.64. The summed E-state index contributed by atoms with van der Waals surface area (Å²) in [5.41, 5.74) is 3.98. The van der Waals surface area contributed by atoms with Crippen molar-refractivity contribution in [1.29, 1.82) is 0 Å². The first-order valence-corrected chi connectivity index (χ1v) is 10.8. The largest absolute Gasteiger partial charge is 0.507 e. The third-order valence-electron chi connectivity index (χ3n) is 4.17. The van der Waals surface area contributed by atoms with Gasteiger partial charge in [-0.2, -0.15) is 5.10 Å². The lowest BCUT2D eigenvalue weighted by atomic mass is 10.1. The highest BCUT2D eigenvalue weighted by Gasteiger charge is 2.09. The predicted molar refractivity (Wildman–Crippen MR) is 119 cm³/mol. The number of phenolic OH excluding ortho intramolecular Hbond substituents is 1. The standard InChI is InChI=1S/C21H21ClN4O4S/c1-29-17-8-5-14(6-9-17)3-2-4-20-25-26-21(30-20)31-13-19(28)24-23-12-15-11-16(22)7-10-18(15)27/h5-12,27H,2-4,13H2,1H3,(H,24,28). The maximum absolute atomic E-state index is 11.9. The Bertz CT molecular complexity index is 1040. The van der Waals surface area contributed by atoms with Crippen molar-refractivity contribution in [3.05, 3.63) is 64.5 Å². The maximum Gasteiger partial charge on any atom is 0.277 e. The molecule has 0 aliphatic rings. The van der Waals surface area contributed by atoms with Gasteiger partial charge in [-0.05, 0) is 48.7 Å². The number of hydrogen-bond acceptors (Lipinski definition) is 8. The fraction of sp³-hybridized carbons (Fsp3) is 0.238. The maximum atomic E-state index is 11.9. The number of phenols is 1. The zero-order valence-corrected chi connectivity index (χ0v) is 18.3. The quantitative estimate of drug-likeness (QED) is 0.268. The van der Waals surface area contributed by atoms with Gasteiger partial charge in [0.2, 0.25) is 5.89 Å². The van der Waals surface area contributed by atoms with Gasteiger partial charge in [0.05, 0.1) is 19.1 Å². The number of hydrazone groups is 1. The molecule has 162 valence electrons. The molecule has 0 aliphatic heterocycles. The Morgan fingerprint density at radius 1 is 1.26 bits per heavy atom. The van der Waals surface area contributed by atoms with Crippen LogP contribution in [-0.2, 0) is 17.6 Å². The van der Waals surface area contributed by atoms with E-state index < -0.39 is 0 Å². The highest BCUT2D eigenvalue weighted by Crippen LogP contribution is 2.20. The molecule has 8 nitrogen and oxygen atoms in total. The van der Waals surface area contributed by atoms with Crippen LogP contribution in [-0.4, -0.2) is 40.3 Å². The summed E-state index contributed by atoms with van der Waals surface area (Å²) < 4.78 is 10.7. The number of benzene rings is 2. The van der Waals surface area contributed by atoms with Crippen molar-refractivity contribution < 1.29 is 19.1 Å². The molecule has 0 radical (unpaired) electrons. The summed E-state index contributed by atoms with van der Waals surface area (Å²) in [5.74, 6) is 1.10. The SMILES string of the molecule is COc1ccc(CCCc2nnc(SCC(=O)NN=Cc3cc(Cl)ccc3O)o2)cc1. The summed E-state index contributed by atoms with van der Waals surface area (Å²) in [5, 5.41) is 22.3. The van der Waals surface area contributed by atoms with E-state index in [2.05, 4.69) is 20.7 Å². The van der Waals surface area contributed by atoms with Crippen LogP contribution >= 0.6 is 23.4 Å². The molecule has 0 fully saturated rings. The van der Waals surface area contributed by atoms with E-state index in [9.17, 15) is 9.90 Å². The number of aromatic hydroxyl groups is 1. The van der Waals surface area contributed by atoms with Crippen LogP contribution in [0.2, 0.25) is 5.02 Å². The van der Waals surface area contributed by atoms with Crippen LogP contribution in [0.4, 0.5) is 0 Å². The van der Waals surface area contributed by atoms with Gasteiger partial charge >= 0.3 is 0 Å². The Morgan fingerprint density at radius 3 is 2.84 bits per heavy atom. The van der Waals surface area contributed by atoms with Gasteiger partial charge in [0.1, 0.15) is 11.5 Å². The lowest BCUT2D eigenvalue weighted by Gasteiger charge is -2.02. The molecule has 3 rings (SSSR count). The van der Waals surface area contributed by atoms with Gasteiger partial charge in [0.15, 0.2) is 0 Å². The average Bonchev–Trinajstić information content (AvgIpc) is 3.23. The molecule has 0 saturated carbocycles. The van der Waals surface area contributed by atoms with E-state index >= 15 is 0 Å². The van der Waals surface area contributed by atoms with Crippen LogP contribution in [0.5, 0.6) is 11.5 Å². The molecule has 0 saturated heterocycles. The molecule has 1 aromatic heterocycles. The van der Waals surface area contributed by atoms with Crippen molar-refractivity contribution in [1.82, 2.24) is 15.6 Å². The van der Waals surface area contributed by atoms with Crippen molar-refractivity contribution >= 4 is 35.5 Å². The second-order valence-corrected chi connectivity index (χ2v) is 7.81. The summed E-state index contributed by atoms with van der Waals surface area (Å²) in [4.78, 5) is 11.9. The number of aromatic nitrogens is 2. The van der Waals surface area contributed by atoms with Gasteiger partial charge in [0.25, 0.3) is 11.1 Å². The first-order chi connectivity index (χ1) is 15.0. The summed E-state index contributed by atoms with van der Waals surface area (Å²) >= 11 is 6.99. The molecule has 1 heterocycles. The lowest BCUT2D eigenvalue weighted by molar-refractivity contribution is -0.118. The number of ether oxygens (including phenoxy) is 1. The molecular formula is C21H21ClN4O4S. The topological polar surface area (TPSA) is 110 Å². The number of aryl methyl sites for hydroxylation is 2. The fourth-order valence-electron chi connectivity index (χ4n) is 2.60. The lowest BCUT2D eigenvalue weighted by Crippen LogP contribution is -2.19. The Labute approximate surface area is 188 Å². The third-order valence-corrected chi connectivity index (χ3v) is 5.23. The van der Waals surface area contributed by atoms with Gasteiger partial charge in [-0.15, -0.1) is 10.2 Å². The summed E-state index contributed by atoms with van der Waals surface area (Å²) in [6.45, 7) is 0. The molecule has 2 aromatic carbocycles. The van der Waals surface area contributed by atoms with Crippen molar-refractivity contribution in [2.45, 2.75) is 24.5 Å². The van der Waals surface area contributed by atoms with Gasteiger partial charge in [-0.25, -0.2) is 5.43 Å². The molecule has 31 heavy (non-hydrogen) atoms. The van der Waals surface area contributed by atoms with E-state index in [0.29, 0.717) is 28.1 Å².